The molecule has 118 valence electrons. The van der Waals surface area contributed by atoms with E-state index in [1.54, 1.807) is 0 Å². The lowest BCUT2D eigenvalue weighted by Gasteiger charge is -2.49. The molecule has 1 atom stereocenters. The van der Waals surface area contributed by atoms with Crippen LogP contribution in [-0.4, -0.2) is 11.7 Å². The second kappa shape index (κ2) is 6.68. The molecule has 0 heterocycles. The van der Waals surface area contributed by atoms with Gasteiger partial charge < -0.3 is 10.8 Å². The highest BCUT2D eigenvalue weighted by atomic mass is 35.5. The number of nitrogens with two attached hydrogens (primary N) is 1. The summed E-state index contributed by atoms with van der Waals surface area (Å²) in [7, 11) is 0. The predicted octanol–water partition coefficient (Wildman–Crippen LogP) is 4.48. The van der Waals surface area contributed by atoms with Crippen LogP contribution in [0.3, 0.4) is 0 Å². The quantitative estimate of drug-likeness (QED) is 0.842. The molecular weight excluding hydrogens is 282 g/mol. The zero-order valence-electron chi connectivity index (χ0n) is 13.2. The van der Waals surface area contributed by atoms with Crippen molar-refractivity contribution in [1.29, 1.82) is 0 Å². The molecule has 0 amide bonds. The van der Waals surface area contributed by atoms with E-state index in [0.717, 1.165) is 24.3 Å². The van der Waals surface area contributed by atoms with Gasteiger partial charge in [0.1, 0.15) is 0 Å². The Kier molecular flexibility index (Phi) is 5.34. The van der Waals surface area contributed by atoms with Crippen LogP contribution >= 0.6 is 11.6 Å². The Bertz CT molecular complexity index is 464. The molecule has 2 rings (SSSR count). The summed E-state index contributed by atoms with van der Waals surface area (Å²) >= 11 is 6.10. The Balaban J connectivity index is 2.24. The highest BCUT2D eigenvalue weighted by Gasteiger charge is 2.48. The van der Waals surface area contributed by atoms with Gasteiger partial charge in [0.2, 0.25) is 0 Å². The average molecular weight is 310 g/mol. The van der Waals surface area contributed by atoms with Crippen molar-refractivity contribution < 1.29 is 5.11 Å². The fraction of sp³-hybridized carbons (Fsp3) is 0.667. The molecule has 0 aromatic heterocycles. The van der Waals surface area contributed by atoms with E-state index < -0.39 is 5.60 Å². The van der Waals surface area contributed by atoms with Crippen molar-refractivity contribution in [3.63, 3.8) is 0 Å². The topological polar surface area (TPSA) is 46.2 Å². The number of benzene rings is 1. The maximum Gasteiger partial charge on any atom is 0.0937 e. The van der Waals surface area contributed by atoms with Gasteiger partial charge in [-0.2, -0.15) is 0 Å². The second-order valence-electron chi connectivity index (χ2n) is 6.80. The number of aliphatic hydroxyl groups is 1. The molecule has 1 unspecified atom stereocenters. The fourth-order valence-electron chi connectivity index (χ4n) is 3.91. The SMILES string of the molecule is CCCC1CCC(CN)(C(C)(O)c2cccc(Cl)c2)CC1. The zero-order chi connectivity index (χ0) is 15.5. The van der Waals surface area contributed by atoms with Crippen LogP contribution in [0.1, 0.15) is 57.9 Å². The third-order valence-corrected chi connectivity index (χ3v) is 5.80. The number of hydrogen-bond donors (Lipinski definition) is 2. The molecule has 1 fully saturated rings. The molecule has 0 aliphatic heterocycles. The summed E-state index contributed by atoms with van der Waals surface area (Å²) in [6.07, 6.45) is 6.86. The van der Waals surface area contributed by atoms with Crippen LogP contribution in [0.5, 0.6) is 0 Å². The van der Waals surface area contributed by atoms with Crippen molar-refractivity contribution in [3.8, 4) is 0 Å². The van der Waals surface area contributed by atoms with Crippen LogP contribution < -0.4 is 5.73 Å². The average Bonchev–Trinajstić information content (AvgIpc) is 2.48. The van der Waals surface area contributed by atoms with Crippen molar-refractivity contribution in [2.24, 2.45) is 17.1 Å². The first kappa shape index (κ1) is 16.8. The first-order valence-electron chi connectivity index (χ1n) is 8.13. The van der Waals surface area contributed by atoms with Gasteiger partial charge in [0.05, 0.1) is 5.60 Å². The van der Waals surface area contributed by atoms with Crippen molar-refractivity contribution in [1.82, 2.24) is 0 Å². The van der Waals surface area contributed by atoms with Gasteiger partial charge in [0.25, 0.3) is 0 Å². The van der Waals surface area contributed by atoms with E-state index in [9.17, 15) is 5.11 Å². The van der Waals surface area contributed by atoms with E-state index >= 15 is 0 Å². The lowest BCUT2D eigenvalue weighted by Crippen LogP contribution is -2.50. The van der Waals surface area contributed by atoms with Crippen molar-refractivity contribution >= 4 is 11.6 Å². The van der Waals surface area contributed by atoms with Gasteiger partial charge in [-0.3, -0.25) is 0 Å². The van der Waals surface area contributed by atoms with E-state index in [2.05, 4.69) is 6.92 Å². The first-order valence-corrected chi connectivity index (χ1v) is 8.51. The maximum absolute atomic E-state index is 11.3. The highest BCUT2D eigenvalue weighted by Crippen LogP contribution is 2.51. The lowest BCUT2D eigenvalue weighted by atomic mass is 9.59. The molecule has 0 bridgehead atoms. The van der Waals surface area contributed by atoms with E-state index in [-0.39, 0.29) is 5.41 Å². The molecule has 0 saturated heterocycles. The van der Waals surface area contributed by atoms with Crippen LogP contribution in [0.25, 0.3) is 0 Å². The van der Waals surface area contributed by atoms with Crippen molar-refractivity contribution in [2.75, 3.05) is 6.54 Å². The van der Waals surface area contributed by atoms with Gasteiger partial charge in [-0.1, -0.05) is 43.5 Å². The van der Waals surface area contributed by atoms with E-state index in [0.29, 0.717) is 11.6 Å². The zero-order valence-corrected chi connectivity index (χ0v) is 14.0. The lowest BCUT2D eigenvalue weighted by molar-refractivity contribution is -0.0983. The van der Waals surface area contributed by atoms with E-state index in [1.807, 2.05) is 31.2 Å². The fourth-order valence-corrected chi connectivity index (χ4v) is 4.10. The maximum atomic E-state index is 11.3. The van der Waals surface area contributed by atoms with Gasteiger partial charge in [-0.15, -0.1) is 0 Å². The van der Waals surface area contributed by atoms with Gasteiger partial charge in [-0.25, -0.2) is 0 Å². The van der Waals surface area contributed by atoms with Gasteiger partial charge in [0.15, 0.2) is 0 Å². The highest BCUT2D eigenvalue weighted by molar-refractivity contribution is 6.30. The standard InChI is InChI=1S/C18H28ClNO/c1-3-5-14-8-10-18(13-20,11-9-14)17(2,21)15-6-4-7-16(19)12-15/h4,6-7,12,14,21H,3,5,8-11,13,20H2,1-2H3. The molecule has 0 spiro atoms. The van der Waals surface area contributed by atoms with Gasteiger partial charge in [0, 0.05) is 17.0 Å². The molecule has 21 heavy (non-hydrogen) atoms. The molecule has 2 nitrogen and oxygen atoms in total. The second-order valence-corrected chi connectivity index (χ2v) is 7.24. The molecule has 1 saturated carbocycles. The van der Waals surface area contributed by atoms with E-state index in [4.69, 9.17) is 17.3 Å². The van der Waals surface area contributed by atoms with Crippen LogP contribution in [0.15, 0.2) is 24.3 Å². The molecule has 1 aliphatic rings. The van der Waals surface area contributed by atoms with Gasteiger partial charge in [-0.05, 0) is 56.2 Å². The van der Waals surface area contributed by atoms with Gasteiger partial charge >= 0.3 is 0 Å². The normalized spacial score (nSPS) is 29.1. The van der Waals surface area contributed by atoms with Crippen LogP contribution in [0.4, 0.5) is 0 Å². The third kappa shape index (κ3) is 3.28. The first-order chi connectivity index (χ1) is 9.95. The molecule has 1 aromatic carbocycles. The number of hydrogen-bond acceptors (Lipinski definition) is 2. The monoisotopic (exact) mass is 309 g/mol. The summed E-state index contributed by atoms with van der Waals surface area (Å²) in [5, 5.41) is 11.9. The summed E-state index contributed by atoms with van der Waals surface area (Å²) in [5.74, 6) is 0.796. The summed E-state index contributed by atoms with van der Waals surface area (Å²) in [6, 6.07) is 7.58. The molecule has 1 aliphatic carbocycles. The Morgan fingerprint density at radius 1 is 1.38 bits per heavy atom. The third-order valence-electron chi connectivity index (χ3n) is 5.57. The van der Waals surface area contributed by atoms with Crippen molar-refractivity contribution in [3.05, 3.63) is 34.9 Å². The Hall–Kier alpha value is -0.570. The number of rotatable bonds is 5. The summed E-state index contributed by atoms with van der Waals surface area (Å²) in [6.45, 7) is 4.67. The Morgan fingerprint density at radius 3 is 2.57 bits per heavy atom. The molecule has 1 aromatic rings. The van der Waals surface area contributed by atoms with E-state index in [1.165, 1.54) is 25.7 Å². The van der Waals surface area contributed by atoms with Crippen LogP contribution in [-0.2, 0) is 5.60 Å². The summed E-state index contributed by atoms with van der Waals surface area (Å²) < 4.78 is 0. The van der Waals surface area contributed by atoms with Crippen LogP contribution in [0, 0.1) is 11.3 Å². The summed E-state index contributed by atoms with van der Waals surface area (Å²) in [5.41, 5.74) is 5.85. The minimum Gasteiger partial charge on any atom is -0.385 e. The predicted molar refractivity (Wildman–Crippen MR) is 89.4 cm³/mol. The van der Waals surface area contributed by atoms with Crippen molar-refractivity contribution in [2.45, 2.75) is 58.0 Å². The minimum absolute atomic E-state index is 0.234. The number of halogens is 1. The molecule has 0 radical (unpaired) electrons. The minimum atomic E-state index is -0.927. The Labute approximate surface area is 133 Å². The molecule has 3 heteroatoms. The van der Waals surface area contributed by atoms with Crippen LogP contribution in [0.2, 0.25) is 5.02 Å². The largest absolute Gasteiger partial charge is 0.385 e. The molecule has 3 N–H and O–H groups in total. The smallest absolute Gasteiger partial charge is 0.0937 e. The molecular formula is C18H28ClNO. The Morgan fingerprint density at radius 2 is 2.05 bits per heavy atom. The summed E-state index contributed by atoms with van der Waals surface area (Å²) in [4.78, 5) is 0.